The molecule has 0 heteroatoms. The van der Waals surface area contributed by atoms with Crippen LogP contribution in [0.1, 0.15) is 27.2 Å². The van der Waals surface area contributed by atoms with E-state index in [-0.39, 0.29) is 0 Å². The maximum Gasteiger partial charge on any atom is -0.00532 e. The van der Waals surface area contributed by atoms with Crippen molar-refractivity contribution in [2.45, 2.75) is 27.2 Å². The normalized spacial score (nSPS) is 11.7. The molecule has 0 radical (unpaired) electrons. The van der Waals surface area contributed by atoms with Crippen LogP contribution in [0, 0.1) is 18.3 Å². The van der Waals surface area contributed by atoms with E-state index >= 15 is 0 Å². The summed E-state index contributed by atoms with van der Waals surface area (Å²) in [6.07, 6.45) is 8.34. The van der Waals surface area contributed by atoms with E-state index < -0.39 is 0 Å². The van der Waals surface area contributed by atoms with Gasteiger partial charge in [0, 0.05) is 0 Å². The number of rotatable bonds is 2. The maximum atomic E-state index is 5.14. The van der Waals surface area contributed by atoms with Gasteiger partial charge < -0.3 is 0 Å². The van der Waals surface area contributed by atoms with E-state index in [0.717, 1.165) is 12.0 Å². The largest absolute Gasteiger partial charge is 0.115 e. The van der Waals surface area contributed by atoms with E-state index in [2.05, 4.69) is 25.8 Å². The fraction of sp³-hybridized carbons (Fsp3) is 0.556. The van der Waals surface area contributed by atoms with Gasteiger partial charge in [-0.3, -0.25) is 0 Å². The highest BCUT2D eigenvalue weighted by Crippen LogP contribution is 2.02. The zero-order valence-corrected chi connectivity index (χ0v) is 6.44. The molecule has 0 aromatic rings. The molecule has 0 aromatic carbocycles. The van der Waals surface area contributed by atoms with Crippen molar-refractivity contribution in [1.82, 2.24) is 0 Å². The molecular weight excluding hydrogens is 108 g/mol. The van der Waals surface area contributed by atoms with E-state index in [1.807, 2.05) is 6.92 Å². The third-order valence-corrected chi connectivity index (χ3v) is 1.12. The Morgan fingerprint density at radius 1 is 1.67 bits per heavy atom. The summed E-state index contributed by atoms with van der Waals surface area (Å²) in [5.74, 6) is 3.30. The van der Waals surface area contributed by atoms with Crippen molar-refractivity contribution in [3.8, 4) is 12.3 Å². The Hall–Kier alpha value is -0.700. The fourth-order valence-electron chi connectivity index (χ4n) is 0.471. The van der Waals surface area contributed by atoms with Gasteiger partial charge in [0.05, 0.1) is 0 Å². The van der Waals surface area contributed by atoms with Gasteiger partial charge in [0.2, 0.25) is 0 Å². The van der Waals surface area contributed by atoms with Gasteiger partial charge in [-0.1, -0.05) is 25.8 Å². The van der Waals surface area contributed by atoms with Gasteiger partial charge in [0.25, 0.3) is 0 Å². The van der Waals surface area contributed by atoms with Crippen molar-refractivity contribution in [2.75, 3.05) is 0 Å². The first-order valence-corrected chi connectivity index (χ1v) is 3.30. The molecule has 0 aliphatic carbocycles. The highest BCUT2D eigenvalue weighted by molar-refractivity contribution is 5.22. The molecule has 0 saturated heterocycles. The second kappa shape index (κ2) is 4.21. The van der Waals surface area contributed by atoms with Crippen LogP contribution in [0.3, 0.4) is 0 Å². The molecule has 50 valence electrons. The number of allylic oxidation sites excluding steroid dienone is 2. The van der Waals surface area contributed by atoms with Crippen molar-refractivity contribution in [2.24, 2.45) is 5.92 Å². The van der Waals surface area contributed by atoms with Crippen LogP contribution >= 0.6 is 0 Å². The molecule has 0 amide bonds. The second-order valence-electron chi connectivity index (χ2n) is 2.66. The first kappa shape index (κ1) is 8.30. The van der Waals surface area contributed by atoms with Crippen molar-refractivity contribution in [1.29, 1.82) is 0 Å². The third-order valence-electron chi connectivity index (χ3n) is 1.12. The zero-order chi connectivity index (χ0) is 7.28. The average molecular weight is 122 g/mol. The van der Waals surface area contributed by atoms with Crippen LogP contribution in [0.25, 0.3) is 0 Å². The zero-order valence-electron chi connectivity index (χ0n) is 6.44. The molecule has 0 spiro atoms. The molecule has 0 saturated carbocycles. The molecule has 0 fully saturated rings. The standard InChI is InChI=1S/C9H14/c1-5-9(4)7-6-8(2)3/h1,7-8H,6H2,2-4H3. The van der Waals surface area contributed by atoms with Gasteiger partial charge in [-0.05, 0) is 24.8 Å². The summed E-state index contributed by atoms with van der Waals surface area (Å²) in [6.45, 7) is 6.32. The summed E-state index contributed by atoms with van der Waals surface area (Å²) in [5.41, 5.74) is 1.05. The van der Waals surface area contributed by atoms with E-state index in [9.17, 15) is 0 Å². The lowest BCUT2D eigenvalue weighted by Gasteiger charge is -1.96. The molecule has 9 heavy (non-hydrogen) atoms. The summed E-state index contributed by atoms with van der Waals surface area (Å²) in [7, 11) is 0. The predicted octanol–water partition coefficient (Wildman–Crippen LogP) is 2.61. The molecule has 0 unspecified atom stereocenters. The molecule has 0 aromatic heterocycles. The summed E-state index contributed by atoms with van der Waals surface area (Å²) < 4.78 is 0. The second-order valence-corrected chi connectivity index (χ2v) is 2.66. The monoisotopic (exact) mass is 122 g/mol. The minimum Gasteiger partial charge on any atom is -0.115 e. The first-order chi connectivity index (χ1) is 4.16. The molecule has 0 rings (SSSR count). The van der Waals surface area contributed by atoms with Crippen LogP contribution < -0.4 is 0 Å². The van der Waals surface area contributed by atoms with Gasteiger partial charge in [-0.25, -0.2) is 0 Å². The van der Waals surface area contributed by atoms with Crippen LogP contribution in [0.2, 0.25) is 0 Å². The van der Waals surface area contributed by atoms with E-state index in [0.29, 0.717) is 5.92 Å². The van der Waals surface area contributed by atoms with Crippen molar-refractivity contribution in [3.05, 3.63) is 11.6 Å². The molecule has 0 bridgehead atoms. The van der Waals surface area contributed by atoms with Crippen LogP contribution in [-0.2, 0) is 0 Å². The molecule has 0 nitrogen and oxygen atoms in total. The van der Waals surface area contributed by atoms with Crippen molar-refractivity contribution >= 4 is 0 Å². The number of terminal acetylenes is 1. The Bertz CT molecular complexity index is 133. The van der Waals surface area contributed by atoms with E-state index in [1.165, 1.54) is 0 Å². The quantitative estimate of drug-likeness (QED) is 0.494. The van der Waals surface area contributed by atoms with Crippen LogP contribution in [0.4, 0.5) is 0 Å². The fourth-order valence-corrected chi connectivity index (χ4v) is 0.471. The molecular formula is C9H14. The topological polar surface area (TPSA) is 0 Å². The maximum absolute atomic E-state index is 5.14. The Morgan fingerprint density at radius 3 is 2.56 bits per heavy atom. The highest BCUT2D eigenvalue weighted by Gasteiger charge is 1.87. The summed E-state index contributed by atoms with van der Waals surface area (Å²) in [5, 5.41) is 0. The van der Waals surface area contributed by atoms with E-state index in [1.54, 1.807) is 0 Å². The summed E-state index contributed by atoms with van der Waals surface area (Å²) in [6, 6.07) is 0. The number of hydrogen-bond donors (Lipinski definition) is 0. The van der Waals surface area contributed by atoms with Gasteiger partial charge in [-0.2, -0.15) is 0 Å². The lowest BCUT2D eigenvalue weighted by Crippen LogP contribution is -1.82. The summed E-state index contributed by atoms with van der Waals surface area (Å²) >= 11 is 0. The smallest absolute Gasteiger partial charge is 0.00532 e. The van der Waals surface area contributed by atoms with Crippen LogP contribution in [0.5, 0.6) is 0 Å². The predicted molar refractivity (Wildman–Crippen MR) is 42.0 cm³/mol. The van der Waals surface area contributed by atoms with Gasteiger partial charge >= 0.3 is 0 Å². The van der Waals surface area contributed by atoms with Crippen molar-refractivity contribution < 1.29 is 0 Å². The Morgan fingerprint density at radius 2 is 2.22 bits per heavy atom. The van der Waals surface area contributed by atoms with Gasteiger partial charge in [-0.15, -0.1) is 6.42 Å². The Kier molecular flexibility index (Phi) is 3.88. The lowest BCUT2D eigenvalue weighted by molar-refractivity contribution is 0.662. The summed E-state index contributed by atoms with van der Waals surface area (Å²) in [4.78, 5) is 0. The molecule has 0 atom stereocenters. The Labute approximate surface area is 58.0 Å². The minimum absolute atomic E-state index is 0.716. The van der Waals surface area contributed by atoms with Crippen LogP contribution in [0.15, 0.2) is 11.6 Å². The lowest BCUT2D eigenvalue weighted by atomic mass is 10.1. The van der Waals surface area contributed by atoms with Crippen LogP contribution in [-0.4, -0.2) is 0 Å². The Balaban J connectivity index is 3.60. The number of hydrogen-bond acceptors (Lipinski definition) is 0. The SMILES string of the molecule is C#CC(C)=CCC(C)C. The minimum atomic E-state index is 0.716. The first-order valence-electron chi connectivity index (χ1n) is 3.30. The third kappa shape index (κ3) is 5.17. The molecule has 0 aliphatic heterocycles. The van der Waals surface area contributed by atoms with E-state index in [4.69, 9.17) is 6.42 Å². The highest BCUT2D eigenvalue weighted by atomic mass is 13.9. The molecule has 0 aliphatic rings. The molecule has 0 N–H and O–H groups in total. The van der Waals surface area contributed by atoms with Crippen molar-refractivity contribution in [3.63, 3.8) is 0 Å². The van der Waals surface area contributed by atoms with Gasteiger partial charge in [0.1, 0.15) is 0 Å². The average Bonchev–Trinajstić information content (AvgIpc) is 1.83. The molecule has 0 heterocycles. The van der Waals surface area contributed by atoms with Gasteiger partial charge in [0.15, 0.2) is 0 Å².